The van der Waals surface area contributed by atoms with Crippen molar-refractivity contribution in [1.82, 2.24) is 9.97 Å². The molecule has 0 aliphatic rings. The lowest BCUT2D eigenvalue weighted by molar-refractivity contribution is 0.284. The van der Waals surface area contributed by atoms with Crippen LogP contribution in [0.1, 0.15) is 25.5 Å². The number of aryl methyl sites for hydroxylation is 1. The summed E-state index contributed by atoms with van der Waals surface area (Å²) in [6.07, 6.45) is 2.04. The number of ether oxygens (including phenoxy) is 1. The SMILES string of the molecule is CCCCOc1nc(C)cc(=O)[nH]1. The first-order valence-electron chi connectivity index (χ1n) is 4.43. The summed E-state index contributed by atoms with van der Waals surface area (Å²) in [7, 11) is 0. The van der Waals surface area contributed by atoms with Crippen molar-refractivity contribution in [3.8, 4) is 6.01 Å². The molecule has 13 heavy (non-hydrogen) atoms. The largest absolute Gasteiger partial charge is 0.465 e. The Morgan fingerprint density at radius 3 is 3.00 bits per heavy atom. The lowest BCUT2D eigenvalue weighted by atomic mass is 10.4. The van der Waals surface area contributed by atoms with Crippen LogP contribution in [0.4, 0.5) is 0 Å². The van der Waals surface area contributed by atoms with Crippen molar-refractivity contribution in [2.75, 3.05) is 6.61 Å². The van der Waals surface area contributed by atoms with E-state index in [0.29, 0.717) is 18.3 Å². The Hall–Kier alpha value is -1.32. The van der Waals surface area contributed by atoms with Crippen LogP contribution in [0, 0.1) is 6.92 Å². The first-order valence-corrected chi connectivity index (χ1v) is 4.43. The molecule has 0 spiro atoms. The van der Waals surface area contributed by atoms with Crippen LogP contribution in [0.25, 0.3) is 0 Å². The van der Waals surface area contributed by atoms with E-state index in [2.05, 4.69) is 16.9 Å². The number of hydrogen-bond acceptors (Lipinski definition) is 3. The Labute approximate surface area is 77.0 Å². The maximum Gasteiger partial charge on any atom is 0.296 e. The molecule has 4 heteroatoms. The minimum Gasteiger partial charge on any atom is -0.465 e. The van der Waals surface area contributed by atoms with E-state index in [1.54, 1.807) is 6.92 Å². The number of rotatable bonds is 4. The first-order chi connectivity index (χ1) is 6.22. The lowest BCUT2D eigenvalue weighted by Gasteiger charge is -2.03. The number of aromatic nitrogens is 2. The fourth-order valence-electron chi connectivity index (χ4n) is 0.933. The molecule has 1 rings (SSSR count). The summed E-state index contributed by atoms with van der Waals surface area (Å²) in [4.78, 5) is 17.5. The van der Waals surface area contributed by atoms with Crippen molar-refractivity contribution in [3.63, 3.8) is 0 Å². The van der Waals surface area contributed by atoms with Gasteiger partial charge < -0.3 is 4.74 Å². The zero-order chi connectivity index (χ0) is 9.68. The van der Waals surface area contributed by atoms with Gasteiger partial charge in [0, 0.05) is 11.8 Å². The molecule has 4 nitrogen and oxygen atoms in total. The number of hydrogen-bond donors (Lipinski definition) is 1. The molecule has 0 atom stereocenters. The van der Waals surface area contributed by atoms with Gasteiger partial charge in [-0.2, -0.15) is 0 Å². The van der Waals surface area contributed by atoms with Crippen LogP contribution in [0.3, 0.4) is 0 Å². The highest BCUT2D eigenvalue weighted by molar-refractivity contribution is 5.03. The Morgan fingerprint density at radius 2 is 2.38 bits per heavy atom. The smallest absolute Gasteiger partial charge is 0.296 e. The van der Waals surface area contributed by atoms with Crippen molar-refractivity contribution in [3.05, 3.63) is 22.1 Å². The zero-order valence-electron chi connectivity index (χ0n) is 7.96. The van der Waals surface area contributed by atoms with E-state index in [4.69, 9.17) is 4.74 Å². The van der Waals surface area contributed by atoms with Gasteiger partial charge in [0.05, 0.1) is 6.61 Å². The van der Waals surface area contributed by atoms with Crippen LogP contribution in [0.15, 0.2) is 10.9 Å². The average molecular weight is 182 g/mol. The number of aromatic amines is 1. The van der Waals surface area contributed by atoms with Crippen LogP contribution in [0.5, 0.6) is 6.01 Å². The Morgan fingerprint density at radius 1 is 1.62 bits per heavy atom. The summed E-state index contributed by atoms with van der Waals surface area (Å²) in [6.45, 7) is 4.45. The summed E-state index contributed by atoms with van der Waals surface area (Å²) in [5.41, 5.74) is 0.509. The Kier molecular flexibility index (Phi) is 3.49. The zero-order valence-corrected chi connectivity index (χ0v) is 7.96. The molecule has 1 heterocycles. The predicted molar refractivity (Wildman–Crippen MR) is 50.0 cm³/mol. The second kappa shape index (κ2) is 4.64. The third-order valence-corrected chi connectivity index (χ3v) is 1.58. The molecule has 0 amide bonds. The van der Waals surface area contributed by atoms with Crippen LogP contribution in [-0.2, 0) is 0 Å². The molecule has 0 saturated carbocycles. The van der Waals surface area contributed by atoms with Crippen molar-refractivity contribution in [1.29, 1.82) is 0 Å². The molecule has 0 aromatic carbocycles. The normalized spacial score (nSPS) is 10.0. The van der Waals surface area contributed by atoms with Gasteiger partial charge >= 0.3 is 0 Å². The van der Waals surface area contributed by atoms with E-state index in [1.807, 2.05) is 0 Å². The number of unbranched alkanes of at least 4 members (excludes halogenated alkanes) is 1. The maximum atomic E-state index is 11.0. The molecule has 0 aliphatic carbocycles. The van der Waals surface area contributed by atoms with E-state index in [1.165, 1.54) is 6.07 Å². The Bertz CT molecular complexity index is 320. The summed E-state index contributed by atoms with van der Waals surface area (Å²) in [6, 6.07) is 1.76. The molecule has 0 bridgehead atoms. The van der Waals surface area contributed by atoms with Crippen LogP contribution in [0.2, 0.25) is 0 Å². The molecule has 1 aromatic heterocycles. The van der Waals surface area contributed by atoms with E-state index >= 15 is 0 Å². The Balaban J connectivity index is 2.61. The molecule has 0 aliphatic heterocycles. The lowest BCUT2D eigenvalue weighted by Crippen LogP contribution is -2.10. The van der Waals surface area contributed by atoms with E-state index in [-0.39, 0.29) is 5.56 Å². The van der Waals surface area contributed by atoms with Crippen LogP contribution in [-0.4, -0.2) is 16.6 Å². The number of nitrogens with zero attached hydrogens (tertiary/aromatic N) is 1. The van der Waals surface area contributed by atoms with E-state index < -0.39 is 0 Å². The fraction of sp³-hybridized carbons (Fsp3) is 0.556. The van der Waals surface area contributed by atoms with Crippen molar-refractivity contribution in [2.45, 2.75) is 26.7 Å². The fourth-order valence-corrected chi connectivity index (χ4v) is 0.933. The maximum absolute atomic E-state index is 11.0. The molecular formula is C9H14N2O2. The molecule has 0 fully saturated rings. The minimum absolute atomic E-state index is 0.168. The average Bonchev–Trinajstić information content (AvgIpc) is 2.03. The summed E-state index contributed by atoms with van der Waals surface area (Å²) in [5, 5.41) is 0. The topological polar surface area (TPSA) is 55.0 Å². The summed E-state index contributed by atoms with van der Waals surface area (Å²) in [5.74, 6) is 0. The van der Waals surface area contributed by atoms with Crippen molar-refractivity contribution in [2.24, 2.45) is 0 Å². The molecule has 72 valence electrons. The van der Waals surface area contributed by atoms with Crippen molar-refractivity contribution < 1.29 is 4.74 Å². The van der Waals surface area contributed by atoms with E-state index in [0.717, 1.165) is 12.8 Å². The van der Waals surface area contributed by atoms with Gasteiger partial charge in [0.15, 0.2) is 0 Å². The third-order valence-electron chi connectivity index (χ3n) is 1.58. The second-order valence-electron chi connectivity index (χ2n) is 2.89. The molecular weight excluding hydrogens is 168 g/mol. The van der Waals surface area contributed by atoms with Crippen molar-refractivity contribution >= 4 is 0 Å². The van der Waals surface area contributed by atoms with Crippen LogP contribution < -0.4 is 10.3 Å². The standard InChI is InChI=1S/C9H14N2O2/c1-3-4-5-13-9-10-7(2)6-8(12)11-9/h6H,3-5H2,1-2H3,(H,10,11,12). The summed E-state index contributed by atoms with van der Waals surface area (Å²) < 4.78 is 5.24. The predicted octanol–water partition coefficient (Wildman–Crippen LogP) is 1.26. The van der Waals surface area contributed by atoms with Gasteiger partial charge in [-0.15, -0.1) is 0 Å². The molecule has 0 radical (unpaired) electrons. The second-order valence-corrected chi connectivity index (χ2v) is 2.89. The first kappa shape index (κ1) is 9.77. The van der Waals surface area contributed by atoms with Crippen LogP contribution >= 0.6 is 0 Å². The monoisotopic (exact) mass is 182 g/mol. The minimum atomic E-state index is -0.168. The summed E-state index contributed by atoms with van der Waals surface area (Å²) >= 11 is 0. The van der Waals surface area contributed by atoms with Gasteiger partial charge in [0.1, 0.15) is 0 Å². The molecule has 0 saturated heterocycles. The molecule has 1 aromatic rings. The molecule has 1 N–H and O–H groups in total. The van der Waals surface area contributed by atoms with Gasteiger partial charge in [0.2, 0.25) is 0 Å². The highest BCUT2D eigenvalue weighted by Gasteiger charge is 1.97. The highest BCUT2D eigenvalue weighted by Crippen LogP contribution is 1.99. The quantitative estimate of drug-likeness (QED) is 0.713. The van der Waals surface area contributed by atoms with Gasteiger partial charge in [-0.25, -0.2) is 4.98 Å². The van der Waals surface area contributed by atoms with Gasteiger partial charge in [-0.3, -0.25) is 9.78 Å². The third kappa shape index (κ3) is 3.27. The number of H-pyrrole nitrogens is 1. The molecule has 0 unspecified atom stereocenters. The van der Waals surface area contributed by atoms with Gasteiger partial charge in [-0.1, -0.05) is 13.3 Å². The number of nitrogens with one attached hydrogen (secondary N) is 1. The van der Waals surface area contributed by atoms with E-state index in [9.17, 15) is 4.79 Å². The van der Waals surface area contributed by atoms with Gasteiger partial charge in [-0.05, 0) is 13.3 Å². The highest BCUT2D eigenvalue weighted by atomic mass is 16.5. The van der Waals surface area contributed by atoms with Gasteiger partial charge in [0.25, 0.3) is 11.6 Å².